The summed E-state index contributed by atoms with van der Waals surface area (Å²) in [6.07, 6.45) is 0. The van der Waals surface area contributed by atoms with Crippen LogP contribution in [0.3, 0.4) is 0 Å². The Balaban J connectivity index is 2.68. The predicted molar refractivity (Wildman–Crippen MR) is 81.0 cm³/mol. The van der Waals surface area contributed by atoms with E-state index in [1.807, 2.05) is 0 Å². The summed E-state index contributed by atoms with van der Waals surface area (Å²) in [5.41, 5.74) is 1.32. The molecule has 0 amide bonds. The van der Waals surface area contributed by atoms with Crippen molar-refractivity contribution in [2.45, 2.75) is 6.92 Å². The summed E-state index contributed by atoms with van der Waals surface area (Å²) in [6.45, 7) is 1.71. The summed E-state index contributed by atoms with van der Waals surface area (Å²) in [5, 5.41) is 0.890. The fourth-order valence-electron chi connectivity index (χ4n) is 1.77. The Morgan fingerprint density at radius 1 is 1.35 bits per heavy atom. The number of H-pyrrole nitrogens is 1. The van der Waals surface area contributed by atoms with Gasteiger partial charge < -0.3 is 9.72 Å². The molecule has 0 fully saturated rings. The molecule has 1 heterocycles. The molecule has 20 heavy (non-hydrogen) atoms. The van der Waals surface area contributed by atoms with Crippen molar-refractivity contribution < 1.29 is 9.53 Å². The molecule has 0 radical (unpaired) electrons. The Labute approximate surface area is 130 Å². The van der Waals surface area contributed by atoms with E-state index < -0.39 is 5.97 Å². The van der Waals surface area contributed by atoms with Gasteiger partial charge in [-0.3, -0.25) is 0 Å². The van der Waals surface area contributed by atoms with Crippen LogP contribution in [0.1, 0.15) is 16.1 Å². The highest BCUT2D eigenvalue weighted by molar-refractivity contribution is 7.71. The van der Waals surface area contributed by atoms with Crippen LogP contribution in [0.4, 0.5) is 0 Å². The normalized spacial score (nSPS) is 10.4. The SMILES string of the molecule is COC(=O)c1c(C)[nH]c(-c2c(Cl)cccc2Cl)nc1=S. The van der Waals surface area contributed by atoms with Crippen molar-refractivity contribution >= 4 is 41.4 Å². The van der Waals surface area contributed by atoms with Crippen LogP contribution in [-0.4, -0.2) is 23.0 Å². The highest BCUT2D eigenvalue weighted by Gasteiger charge is 2.17. The maximum absolute atomic E-state index is 11.6. The van der Waals surface area contributed by atoms with E-state index in [9.17, 15) is 4.79 Å². The molecule has 2 rings (SSSR count). The summed E-state index contributed by atoms with van der Waals surface area (Å²) < 4.78 is 4.81. The standard InChI is InChI=1S/C13H10Cl2N2O2S/c1-6-9(13(18)19-2)12(20)17-11(16-6)10-7(14)4-3-5-8(10)15/h3-5H,1-2H3,(H,16,17,20). The molecular formula is C13H10Cl2N2O2S. The first-order valence-corrected chi connectivity index (χ1v) is 6.75. The monoisotopic (exact) mass is 328 g/mol. The number of rotatable bonds is 2. The van der Waals surface area contributed by atoms with Gasteiger partial charge in [0.05, 0.1) is 22.7 Å². The van der Waals surface area contributed by atoms with Gasteiger partial charge >= 0.3 is 5.97 Å². The number of benzene rings is 1. The van der Waals surface area contributed by atoms with Crippen molar-refractivity contribution in [2.75, 3.05) is 7.11 Å². The number of nitrogens with one attached hydrogen (secondary N) is 1. The van der Waals surface area contributed by atoms with Gasteiger partial charge in [-0.05, 0) is 19.1 Å². The van der Waals surface area contributed by atoms with Crippen LogP contribution < -0.4 is 0 Å². The second-order valence-electron chi connectivity index (χ2n) is 3.98. The second-order valence-corrected chi connectivity index (χ2v) is 5.18. The molecular weight excluding hydrogens is 319 g/mol. The zero-order valence-electron chi connectivity index (χ0n) is 10.7. The summed E-state index contributed by atoms with van der Waals surface area (Å²) in [4.78, 5) is 18.8. The van der Waals surface area contributed by atoms with Crippen molar-refractivity contribution in [3.8, 4) is 11.4 Å². The van der Waals surface area contributed by atoms with Crippen LogP contribution in [0.5, 0.6) is 0 Å². The Kier molecular flexibility index (Phi) is 4.42. The number of carbonyl (C=O) groups is 1. The second kappa shape index (κ2) is 5.91. The van der Waals surface area contributed by atoms with E-state index in [-0.39, 0.29) is 10.2 Å². The number of carbonyl (C=O) groups excluding carboxylic acids is 1. The van der Waals surface area contributed by atoms with Crippen molar-refractivity contribution in [3.63, 3.8) is 0 Å². The first kappa shape index (κ1) is 15.0. The Bertz CT molecular complexity index is 723. The first-order chi connectivity index (χ1) is 9.45. The molecule has 0 atom stereocenters. The van der Waals surface area contributed by atoms with Crippen LogP contribution in [0, 0.1) is 11.6 Å². The summed E-state index contributed by atoms with van der Waals surface area (Å²) in [6, 6.07) is 5.13. The minimum absolute atomic E-state index is 0.138. The van der Waals surface area contributed by atoms with Gasteiger partial charge in [0.25, 0.3) is 0 Å². The molecule has 1 N–H and O–H groups in total. The fraction of sp³-hybridized carbons (Fsp3) is 0.154. The predicted octanol–water partition coefficient (Wildman–Crippen LogP) is 4.21. The first-order valence-electron chi connectivity index (χ1n) is 5.59. The quantitative estimate of drug-likeness (QED) is 0.662. The van der Waals surface area contributed by atoms with Crippen LogP contribution >= 0.6 is 35.4 Å². The van der Waals surface area contributed by atoms with Crippen LogP contribution in [0.15, 0.2) is 18.2 Å². The molecule has 104 valence electrons. The molecule has 1 aromatic heterocycles. The zero-order valence-corrected chi connectivity index (χ0v) is 13.0. The van der Waals surface area contributed by atoms with Crippen LogP contribution in [-0.2, 0) is 4.74 Å². The molecule has 4 nitrogen and oxygen atoms in total. The van der Waals surface area contributed by atoms with Crippen molar-refractivity contribution in [1.82, 2.24) is 9.97 Å². The largest absolute Gasteiger partial charge is 0.465 e. The van der Waals surface area contributed by atoms with E-state index in [2.05, 4.69) is 14.7 Å². The topological polar surface area (TPSA) is 55.0 Å². The number of ether oxygens (including phenoxy) is 1. The van der Waals surface area contributed by atoms with Crippen LogP contribution in [0.25, 0.3) is 11.4 Å². The molecule has 0 spiro atoms. The number of methoxy groups -OCH3 is 1. The van der Waals surface area contributed by atoms with Crippen molar-refractivity contribution in [3.05, 3.63) is 44.1 Å². The lowest BCUT2D eigenvalue weighted by Gasteiger charge is -2.10. The number of hydrogen-bond donors (Lipinski definition) is 1. The minimum atomic E-state index is -0.534. The lowest BCUT2D eigenvalue weighted by atomic mass is 10.2. The van der Waals surface area contributed by atoms with Gasteiger partial charge in [-0.2, -0.15) is 0 Å². The molecule has 0 aliphatic heterocycles. The lowest BCUT2D eigenvalue weighted by molar-refractivity contribution is 0.0598. The molecule has 1 aromatic carbocycles. The van der Waals surface area contributed by atoms with E-state index >= 15 is 0 Å². The van der Waals surface area contributed by atoms with Crippen molar-refractivity contribution in [1.29, 1.82) is 0 Å². The summed E-state index contributed by atoms with van der Waals surface area (Å²) in [7, 11) is 1.29. The molecule has 0 aliphatic carbocycles. The van der Waals surface area contributed by atoms with E-state index in [0.717, 1.165) is 0 Å². The van der Waals surface area contributed by atoms with Gasteiger partial charge in [-0.25, -0.2) is 9.78 Å². The van der Waals surface area contributed by atoms with Gasteiger partial charge in [0.2, 0.25) is 0 Å². The maximum atomic E-state index is 11.6. The minimum Gasteiger partial charge on any atom is -0.465 e. The number of hydrogen-bond acceptors (Lipinski definition) is 4. The highest BCUT2D eigenvalue weighted by Crippen LogP contribution is 2.32. The lowest BCUT2D eigenvalue weighted by Crippen LogP contribution is -2.09. The third-order valence-electron chi connectivity index (χ3n) is 2.70. The van der Waals surface area contributed by atoms with Gasteiger partial charge in [0.15, 0.2) is 0 Å². The number of aromatic amines is 1. The number of nitrogens with zero attached hydrogens (tertiary/aromatic N) is 1. The Morgan fingerprint density at radius 2 is 1.95 bits per heavy atom. The molecule has 7 heteroatoms. The molecule has 0 aliphatic rings. The Hall–Kier alpha value is -1.43. The van der Waals surface area contributed by atoms with Gasteiger partial charge in [0.1, 0.15) is 16.0 Å². The third kappa shape index (κ3) is 2.70. The number of aromatic nitrogens is 2. The average Bonchev–Trinajstić information content (AvgIpc) is 2.37. The maximum Gasteiger partial charge on any atom is 0.342 e. The number of aryl methyl sites for hydroxylation is 1. The van der Waals surface area contributed by atoms with Gasteiger partial charge in [-0.1, -0.05) is 41.5 Å². The van der Waals surface area contributed by atoms with Crippen molar-refractivity contribution in [2.24, 2.45) is 0 Å². The van der Waals surface area contributed by atoms with E-state index in [0.29, 0.717) is 27.1 Å². The zero-order chi connectivity index (χ0) is 14.9. The van der Waals surface area contributed by atoms with E-state index in [1.165, 1.54) is 7.11 Å². The van der Waals surface area contributed by atoms with Crippen LogP contribution in [0.2, 0.25) is 10.0 Å². The summed E-state index contributed by atoms with van der Waals surface area (Å²) in [5.74, 6) is -0.121. The highest BCUT2D eigenvalue weighted by atomic mass is 35.5. The number of esters is 1. The Morgan fingerprint density at radius 3 is 2.45 bits per heavy atom. The summed E-state index contributed by atoms with van der Waals surface area (Å²) >= 11 is 17.4. The fourth-order valence-corrected chi connectivity index (χ4v) is 2.67. The van der Waals surface area contributed by atoms with Gasteiger partial charge in [0, 0.05) is 5.69 Å². The molecule has 0 saturated carbocycles. The average molecular weight is 329 g/mol. The molecule has 0 unspecified atom stereocenters. The molecule has 2 aromatic rings. The van der Waals surface area contributed by atoms with Gasteiger partial charge in [-0.15, -0.1) is 0 Å². The smallest absolute Gasteiger partial charge is 0.342 e. The molecule has 0 bridgehead atoms. The number of halogens is 2. The molecule has 0 saturated heterocycles. The van der Waals surface area contributed by atoms with E-state index in [4.69, 9.17) is 35.4 Å². The third-order valence-corrected chi connectivity index (χ3v) is 3.62. The van der Waals surface area contributed by atoms with E-state index in [1.54, 1.807) is 25.1 Å².